The summed E-state index contributed by atoms with van der Waals surface area (Å²) in [7, 11) is 0. The number of ketones is 1. The maximum atomic E-state index is 12.6. The smallest absolute Gasteiger partial charge is 0.303 e. The molecule has 0 aliphatic heterocycles. The van der Waals surface area contributed by atoms with Crippen molar-refractivity contribution in [1.82, 2.24) is 0 Å². The Kier molecular flexibility index (Phi) is 4.91. The van der Waals surface area contributed by atoms with Crippen molar-refractivity contribution in [2.75, 3.05) is 0 Å². The summed E-state index contributed by atoms with van der Waals surface area (Å²) in [6.07, 6.45) is 5.92. The number of aliphatic hydroxyl groups is 2. The number of rotatable bonds is 5. The van der Waals surface area contributed by atoms with E-state index in [0.29, 0.717) is 29.9 Å². The molecule has 9 atom stereocenters. The summed E-state index contributed by atoms with van der Waals surface area (Å²) < 4.78 is 0. The summed E-state index contributed by atoms with van der Waals surface area (Å²) in [5, 5.41) is 42.2. The van der Waals surface area contributed by atoms with Gasteiger partial charge in [-0.15, -0.1) is 0 Å². The van der Waals surface area contributed by atoms with Crippen molar-refractivity contribution in [2.45, 2.75) is 76.9 Å². The second-order valence-corrected chi connectivity index (χ2v) is 12.5. The first-order valence-corrected chi connectivity index (χ1v) is 12.6. The van der Waals surface area contributed by atoms with E-state index in [-0.39, 0.29) is 42.9 Å². The van der Waals surface area contributed by atoms with Crippen molar-refractivity contribution in [3.8, 4) is 0 Å². The average molecular weight is 493 g/mol. The zero-order chi connectivity index (χ0) is 25.1. The van der Waals surface area contributed by atoms with Gasteiger partial charge in [-0.05, 0) is 71.8 Å². The number of halogens is 1. The van der Waals surface area contributed by atoms with E-state index in [1.54, 1.807) is 0 Å². The topological polar surface area (TPSA) is 132 Å². The summed E-state index contributed by atoms with van der Waals surface area (Å²) in [5.41, 5.74) is -4.73. The summed E-state index contributed by atoms with van der Waals surface area (Å²) in [6, 6.07) is 0. The number of hydrogen-bond donors (Lipinski definition) is 4. The minimum absolute atomic E-state index is 0.0107. The van der Waals surface area contributed by atoms with Gasteiger partial charge < -0.3 is 20.4 Å². The number of carbonyl (C=O) groups excluding carboxylic acids is 1. The van der Waals surface area contributed by atoms with Crippen molar-refractivity contribution in [3.63, 3.8) is 0 Å². The Hall–Kier alpha value is -1.70. The summed E-state index contributed by atoms with van der Waals surface area (Å²) >= 11 is 6.75. The summed E-state index contributed by atoms with van der Waals surface area (Å²) in [5.74, 6) is -2.74. The van der Waals surface area contributed by atoms with Crippen LogP contribution in [0.15, 0.2) is 22.8 Å². The standard InChI is InChI=1S/C26H33ClO7/c1-13(8-20(29)30)24(11-21(31)32)7-5-15-14-9-18(27)17-10-19(28)25(33)12-26(25,34)23(17,3)16(14)4-6-22(15,24)2/h9-10,13-16,33-34H,4-8,11-12H2,1-3H3,(H,29,30)(H,31,32)/t13-,14+,15+,16-,22+,23+,24+,25?,26?/m1/s1. The molecule has 0 aromatic carbocycles. The molecule has 0 aromatic rings. The van der Waals surface area contributed by atoms with Crippen LogP contribution in [-0.2, 0) is 14.4 Å². The number of fused-ring (bicyclic) bond motifs is 7. The molecule has 2 unspecified atom stereocenters. The molecular weight excluding hydrogens is 460 g/mol. The van der Waals surface area contributed by atoms with Gasteiger partial charge in [-0.25, -0.2) is 0 Å². The molecule has 5 aliphatic rings. The average Bonchev–Trinajstić information content (AvgIpc) is 3.20. The van der Waals surface area contributed by atoms with Gasteiger partial charge in [-0.3, -0.25) is 14.4 Å². The molecular formula is C26H33ClO7. The fourth-order valence-electron chi connectivity index (χ4n) is 9.21. The fourth-order valence-corrected chi connectivity index (χ4v) is 9.60. The number of carboxylic acids is 2. The normalized spacial score (nSPS) is 49.6. The largest absolute Gasteiger partial charge is 0.481 e. The molecule has 0 saturated heterocycles. The minimum atomic E-state index is -1.77. The highest BCUT2D eigenvalue weighted by atomic mass is 35.5. The Bertz CT molecular complexity index is 1070. The molecule has 0 heterocycles. The van der Waals surface area contributed by atoms with Crippen LogP contribution in [0, 0.1) is 39.9 Å². The molecule has 5 aliphatic carbocycles. The van der Waals surface area contributed by atoms with Gasteiger partial charge in [-0.2, -0.15) is 0 Å². The molecule has 3 saturated carbocycles. The summed E-state index contributed by atoms with van der Waals surface area (Å²) in [6.45, 7) is 5.89. The second kappa shape index (κ2) is 6.95. The van der Waals surface area contributed by atoms with Gasteiger partial charge in [0.15, 0.2) is 11.4 Å². The number of hydrogen-bond acceptors (Lipinski definition) is 5. The highest BCUT2D eigenvalue weighted by Crippen LogP contribution is 2.76. The molecule has 0 bridgehead atoms. The monoisotopic (exact) mass is 492 g/mol. The number of aliphatic carboxylic acids is 2. The maximum Gasteiger partial charge on any atom is 0.303 e. The van der Waals surface area contributed by atoms with E-state index in [0.717, 1.165) is 6.42 Å². The van der Waals surface area contributed by atoms with Gasteiger partial charge in [0.2, 0.25) is 0 Å². The number of carboxylic acid groups (broad SMARTS) is 2. The lowest BCUT2D eigenvalue weighted by molar-refractivity contribution is -0.157. The predicted octanol–water partition coefficient (Wildman–Crippen LogP) is 3.52. The summed E-state index contributed by atoms with van der Waals surface area (Å²) in [4.78, 5) is 36.2. The van der Waals surface area contributed by atoms with Crippen molar-refractivity contribution >= 4 is 29.3 Å². The lowest BCUT2D eigenvalue weighted by Crippen LogP contribution is -2.60. The molecule has 5 rings (SSSR count). The first kappa shape index (κ1) is 24.0. The molecule has 4 N–H and O–H groups in total. The van der Waals surface area contributed by atoms with Gasteiger partial charge in [0.1, 0.15) is 5.60 Å². The molecule has 0 radical (unpaired) electrons. The third-order valence-corrected chi connectivity index (χ3v) is 11.5. The Morgan fingerprint density at radius 3 is 2.38 bits per heavy atom. The van der Waals surface area contributed by atoms with E-state index >= 15 is 0 Å². The molecule has 7 nitrogen and oxygen atoms in total. The van der Waals surface area contributed by atoms with Gasteiger partial charge >= 0.3 is 11.9 Å². The quantitative estimate of drug-likeness (QED) is 0.461. The van der Waals surface area contributed by atoms with Crippen LogP contribution in [0.4, 0.5) is 0 Å². The molecule has 0 aromatic heterocycles. The second-order valence-electron chi connectivity index (χ2n) is 12.0. The van der Waals surface area contributed by atoms with Gasteiger partial charge in [0.25, 0.3) is 0 Å². The first-order chi connectivity index (χ1) is 15.7. The van der Waals surface area contributed by atoms with Crippen molar-refractivity contribution in [3.05, 3.63) is 22.8 Å². The van der Waals surface area contributed by atoms with Crippen molar-refractivity contribution < 1.29 is 34.8 Å². The van der Waals surface area contributed by atoms with Crippen LogP contribution in [-0.4, -0.2) is 49.4 Å². The Labute approximate surface area is 203 Å². The van der Waals surface area contributed by atoms with Crippen LogP contribution >= 0.6 is 11.6 Å². The van der Waals surface area contributed by atoms with Crippen molar-refractivity contribution in [2.24, 2.45) is 39.9 Å². The lowest BCUT2D eigenvalue weighted by atomic mass is 9.44. The Morgan fingerprint density at radius 2 is 1.76 bits per heavy atom. The van der Waals surface area contributed by atoms with Crippen LogP contribution in [0.25, 0.3) is 0 Å². The Morgan fingerprint density at radius 1 is 1.12 bits per heavy atom. The zero-order valence-electron chi connectivity index (χ0n) is 19.8. The minimum Gasteiger partial charge on any atom is -0.481 e. The zero-order valence-corrected chi connectivity index (χ0v) is 20.6. The van der Waals surface area contributed by atoms with E-state index in [9.17, 15) is 34.8 Å². The van der Waals surface area contributed by atoms with E-state index in [1.807, 2.05) is 19.9 Å². The van der Waals surface area contributed by atoms with Crippen molar-refractivity contribution in [1.29, 1.82) is 0 Å². The highest BCUT2D eigenvalue weighted by molar-refractivity contribution is 6.33. The molecule has 0 spiro atoms. The van der Waals surface area contributed by atoms with Gasteiger partial charge in [0, 0.05) is 23.3 Å². The van der Waals surface area contributed by atoms with Gasteiger partial charge in [-0.1, -0.05) is 38.4 Å². The maximum absolute atomic E-state index is 12.6. The lowest BCUT2D eigenvalue weighted by Gasteiger charge is -2.60. The van der Waals surface area contributed by atoms with Crippen LogP contribution in [0.1, 0.15) is 65.7 Å². The van der Waals surface area contributed by atoms with Crippen LogP contribution < -0.4 is 0 Å². The van der Waals surface area contributed by atoms with E-state index in [4.69, 9.17) is 11.6 Å². The van der Waals surface area contributed by atoms with E-state index < -0.39 is 45.2 Å². The van der Waals surface area contributed by atoms with Crippen LogP contribution in [0.5, 0.6) is 0 Å². The number of allylic oxidation sites excluding steroid dienone is 2. The first-order valence-electron chi connectivity index (χ1n) is 12.2. The Balaban J connectivity index is 1.60. The van der Waals surface area contributed by atoms with Crippen LogP contribution in [0.2, 0.25) is 0 Å². The molecule has 3 fully saturated rings. The van der Waals surface area contributed by atoms with E-state index in [1.165, 1.54) is 6.08 Å². The fraction of sp³-hybridized carbons (Fsp3) is 0.731. The highest BCUT2D eigenvalue weighted by Gasteiger charge is 2.83. The molecule has 8 heteroatoms. The molecule has 34 heavy (non-hydrogen) atoms. The number of carbonyl (C=O) groups is 3. The van der Waals surface area contributed by atoms with Crippen LogP contribution in [0.3, 0.4) is 0 Å². The van der Waals surface area contributed by atoms with E-state index in [2.05, 4.69) is 6.92 Å². The molecule has 186 valence electrons. The SMILES string of the molecule is C[C@H](CC(=O)O)[C@@]1(CC(=O)O)CC[C@H]2[C@@H]3C=C(Cl)C4=CC(=O)C5(O)CC5(O)[C@@]4(C)[C@@H]3CC[C@@]21C. The van der Waals surface area contributed by atoms with Gasteiger partial charge in [0.05, 0.1) is 6.42 Å². The predicted molar refractivity (Wildman–Crippen MR) is 123 cm³/mol. The third kappa shape index (κ3) is 2.59. The molecule has 0 amide bonds. The third-order valence-electron chi connectivity index (χ3n) is 11.2.